The van der Waals surface area contributed by atoms with Gasteiger partial charge in [0, 0.05) is 5.56 Å². The van der Waals surface area contributed by atoms with E-state index >= 15 is 0 Å². The predicted octanol–water partition coefficient (Wildman–Crippen LogP) is 4.39. The van der Waals surface area contributed by atoms with Crippen LogP contribution in [0.4, 0.5) is 17.6 Å². The Morgan fingerprint density at radius 3 is 2.13 bits per heavy atom. The Kier molecular flexibility index (Phi) is 6.39. The summed E-state index contributed by atoms with van der Waals surface area (Å²) in [4.78, 5) is 23.8. The number of hydrogen-bond donors (Lipinski definition) is 2. The normalized spacial score (nSPS) is 12.3. The molecule has 3 aromatic carbocycles. The number of carbonyl (C=O) groups excluding carboxylic acids is 2. The number of nitrogens with two attached hydrogens (primary N) is 1. The van der Waals surface area contributed by atoms with Gasteiger partial charge in [-0.3, -0.25) is 9.59 Å². The van der Waals surface area contributed by atoms with Crippen molar-refractivity contribution in [1.82, 2.24) is 5.32 Å². The number of nitrogens with one attached hydrogen (secondary N) is 1. The largest absolute Gasteiger partial charge is 0.416 e. The molecule has 0 radical (unpaired) electrons. The van der Waals surface area contributed by atoms with Crippen LogP contribution in [0.25, 0.3) is 0 Å². The SMILES string of the molecule is NC(=O)c1ccc(CC(=O)NC(c2ccc(F)cc2)c2cccc(C(F)(F)F)c2)cc1. The van der Waals surface area contributed by atoms with Gasteiger partial charge in [0.2, 0.25) is 11.8 Å². The van der Waals surface area contributed by atoms with Gasteiger partial charge >= 0.3 is 6.18 Å². The van der Waals surface area contributed by atoms with E-state index in [0.29, 0.717) is 11.1 Å². The molecule has 0 fully saturated rings. The molecule has 4 nitrogen and oxygen atoms in total. The van der Waals surface area contributed by atoms with E-state index in [1.54, 1.807) is 12.1 Å². The fourth-order valence-corrected chi connectivity index (χ4v) is 3.09. The monoisotopic (exact) mass is 430 g/mol. The van der Waals surface area contributed by atoms with Crippen LogP contribution < -0.4 is 11.1 Å². The maximum Gasteiger partial charge on any atom is 0.416 e. The van der Waals surface area contributed by atoms with Gasteiger partial charge in [-0.2, -0.15) is 13.2 Å². The number of halogens is 4. The molecule has 3 aromatic rings. The molecular weight excluding hydrogens is 412 g/mol. The zero-order valence-electron chi connectivity index (χ0n) is 16.1. The van der Waals surface area contributed by atoms with Crippen molar-refractivity contribution >= 4 is 11.8 Å². The molecule has 1 atom stereocenters. The van der Waals surface area contributed by atoms with Crippen LogP contribution in [0.2, 0.25) is 0 Å². The summed E-state index contributed by atoms with van der Waals surface area (Å²) >= 11 is 0. The first kappa shape index (κ1) is 22.0. The summed E-state index contributed by atoms with van der Waals surface area (Å²) in [6.45, 7) is 0. The van der Waals surface area contributed by atoms with Crippen LogP contribution in [-0.4, -0.2) is 11.8 Å². The molecule has 0 aliphatic rings. The predicted molar refractivity (Wildman–Crippen MR) is 106 cm³/mol. The highest BCUT2D eigenvalue weighted by Gasteiger charge is 2.31. The lowest BCUT2D eigenvalue weighted by atomic mass is 9.96. The highest BCUT2D eigenvalue weighted by Crippen LogP contribution is 2.32. The lowest BCUT2D eigenvalue weighted by molar-refractivity contribution is -0.137. The number of benzene rings is 3. The smallest absolute Gasteiger partial charge is 0.366 e. The minimum atomic E-state index is -4.55. The molecule has 8 heteroatoms. The quantitative estimate of drug-likeness (QED) is 0.570. The maximum absolute atomic E-state index is 13.3. The highest BCUT2D eigenvalue weighted by atomic mass is 19.4. The maximum atomic E-state index is 13.3. The molecule has 0 aliphatic heterocycles. The molecule has 0 saturated carbocycles. The lowest BCUT2D eigenvalue weighted by Crippen LogP contribution is -2.30. The van der Waals surface area contributed by atoms with Gasteiger partial charge in [-0.15, -0.1) is 0 Å². The molecule has 2 amide bonds. The molecule has 3 rings (SSSR count). The van der Waals surface area contributed by atoms with Crippen LogP contribution >= 0.6 is 0 Å². The number of carbonyl (C=O) groups is 2. The fourth-order valence-electron chi connectivity index (χ4n) is 3.09. The van der Waals surface area contributed by atoms with Crippen LogP contribution in [0, 0.1) is 5.82 Å². The standard InChI is InChI=1S/C23H18F4N2O2/c24-19-10-8-15(9-11-19)21(17-2-1-3-18(13-17)23(25,26)27)29-20(30)12-14-4-6-16(7-5-14)22(28)31/h1-11,13,21H,12H2,(H2,28,31)(H,29,30). The third-order valence-corrected chi connectivity index (χ3v) is 4.66. The summed E-state index contributed by atoms with van der Waals surface area (Å²) < 4.78 is 52.8. The van der Waals surface area contributed by atoms with Gasteiger partial charge in [0.15, 0.2) is 0 Å². The number of primary amides is 1. The van der Waals surface area contributed by atoms with Gasteiger partial charge in [-0.1, -0.05) is 36.4 Å². The summed E-state index contributed by atoms with van der Waals surface area (Å²) in [5.74, 6) is -1.57. The summed E-state index contributed by atoms with van der Waals surface area (Å²) in [5.41, 5.74) is 5.85. The lowest BCUT2D eigenvalue weighted by Gasteiger charge is -2.21. The third kappa shape index (κ3) is 5.69. The highest BCUT2D eigenvalue weighted by molar-refractivity contribution is 5.92. The Labute approximate surface area is 175 Å². The van der Waals surface area contributed by atoms with Gasteiger partial charge in [0.05, 0.1) is 18.0 Å². The first-order valence-electron chi connectivity index (χ1n) is 9.24. The number of amides is 2. The number of hydrogen-bond acceptors (Lipinski definition) is 2. The van der Waals surface area contributed by atoms with Crippen LogP contribution in [0.1, 0.15) is 38.7 Å². The second kappa shape index (κ2) is 8.99. The topological polar surface area (TPSA) is 72.2 Å². The Morgan fingerprint density at radius 2 is 1.55 bits per heavy atom. The Bertz CT molecular complexity index is 1080. The zero-order chi connectivity index (χ0) is 22.6. The average molecular weight is 430 g/mol. The molecule has 0 bridgehead atoms. The van der Waals surface area contributed by atoms with Gasteiger partial charge in [0.1, 0.15) is 5.82 Å². The van der Waals surface area contributed by atoms with Crippen LogP contribution in [-0.2, 0) is 17.4 Å². The molecular formula is C23H18F4N2O2. The van der Waals surface area contributed by atoms with E-state index in [9.17, 15) is 27.2 Å². The van der Waals surface area contributed by atoms with Crippen molar-refractivity contribution in [2.45, 2.75) is 18.6 Å². The Morgan fingerprint density at radius 1 is 0.903 bits per heavy atom. The Hall–Kier alpha value is -3.68. The summed E-state index contributed by atoms with van der Waals surface area (Å²) in [7, 11) is 0. The molecule has 0 spiro atoms. The van der Waals surface area contributed by atoms with Crippen LogP contribution in [0.3, 0.4) is 0 Å². The summed E-state index contributed by atoms with van der Waals surface area (Å²) in [5, 5.41) is 2.71. The van der Waals surface area contributed by atoms with Crippen molar-refractivity contribution in [3.05, 3.63) is 106 Å². The first-order chi connectivity index (χ1) is 14.6. The minimum Gasteiger partial charge on any atom is -0.366 e. The number of rotatable bonds is 6. The third-order valence-electron chi connectivity index (χ3n) is 4.66. The number of alkyl halides is 3. The second-order valence-electron chi connectivity index (χ2n) is 6.91. The molecule has 3 N–H and O–H groups in total. The molecule has 0 saturated heterocycles. The van der Waals surface area contributed by atoms with E-state index in [4.69, 9.17) is 5.73 Å². The first-order valence-corrected chi connectivity index (χ1v) is 9.24. The van der Waals surface area contributed by atoms with Crippen LogP contribution in [0.5, 0.6) is 0 Å². The van der Waals surface area contributed by atoms with Gasteiger partial charge < -0.3 is 11.1 Å². The van der Waals surface area contributed by atoms with Crippen molar-refractivity contribution < 1.29 is 27.2 Å². The van der Waals surface area contributed by atoms with E-state index in [2.05, 4.69) is 5.32 Å². The average Bonchev–Trinajstić information content (AvgIpc) is 2.72. The van der Waals surface area contributed by atoms with E-state index in [1.165, 1.54) is 48.5 Å². The van der Waals surface area contributed by atoms with Crippen molar-refractivity contribution in [2.24, 2.45) is 5.73 Å². The fraction of sp³-hybridized carbons (Fsp3) is 0.130. The summed E-state index contributed by atoms with van der Waals surface area (Å²) in [6, 6.07) is 14.9. The zero-order valence-corrected chi connectivity index (χ0v) is 16.1. The van der Waals surface area contributed by atoms with E-state index < -0.39 is 35.4 Å². The molecule has 0 aromatic heterocycles. The molecule has 0 aliphatic carbocycles. The van der Waals surface area contributed by atoms with E-state index in [1.807, 2.05) is 0 Å². The van der Waals surface area contributed by atoms with Gasteiger partial charge in [0.25, 0.3) is 0 Å². The molecule has 0 heterocycles. The molecule has 160 valence electrons. The second-order valence-corrected chi connectivity index (χ2v) is 6.91. The van der Waals surface area contributed by atoms with Crippen molar-refractivity contribution in [1.29, 1.82) is 0 Å². The van der Waals surface area contributed by atoms with Crippen molar-refractivity contribution in [2.75, 3.05) is 0 Å². The molecule has 31 heavy (non-hydrogen) atoms. The van der Waals surface area contributed by atoms with Crippen LogP contribution in [0.15, 0.2) is 72.8 Å². The Balaban J connectivity index is 1.87. The van der Waals surface area contributed by atoms with Gasteiger partial charge in [-0.05, 0) is 53.1 Å². The minimum absolute atomic E-state index is 0.0737. The van der Waals surface area contributed by atoms with E-state index in [0.717, 1.165) is 12.1 Å². The van der Waals surface area contributed by atoms with Crippen molar-refractivity contribution in [3.63, 3.8) is 0 Å². The van der Waals surface area contributed by atoms with E-state index in [-0.39, 0.29) is 17.5 Å². The summed E-state index contributed by atoms with van der Waals surface area (Å²) in [6.07, 6.45) is -4.62. The van der Waals surface area contributed by atoms with Gasteiger partial charge in [-0.25, -0.2) is 4.39 Å². The molecule has 1 unspecified atom stereocenters. The van der Waals surface area contributed by atoms with Crippen molar-refractivity contribution in [3.8, 4) is 0 Å².